The summed E-state index contributed by atoms with van der Waals surface area (Å²) in [6.45, 7) is 0. The van der Waals surface area contributed by atoms with Gasteiger partial charge in [0.25, 0.3) is 0 Å². The number of aliphatic carboxylic acids is 1. The summed E-state index contributed by atoms with van der Waals surface area (Å²) in [5.41, 5.74) is 0. The summed E-state index contributed by atoms with van der Waals surface area (Å²) in [7, 11) is 0. The Balaban J connectivity index is 4.19. The highest BCUT2D eigenvalue weighted by Crippen LogP contribution is 2.29. The number of hydrogen-bond donors (Lipinski definition) is 2. The molecule has 0 aromatic heterocycles. The van der Waals surface area contributed by atoms with Crippen molar-refractivity contribution < 1.29 is 15.0 Å². The molecule has 0 aliphatic heterocycles. The Morgan fingerprint density at radius 3 is 1.89 bits per heavy atom. The third-order valence-electron chi connectivity index (χ3n) is 0.589. The fraction of sp³-hybridized carbons (Fsp3) is 0.667. The number of halogens is 3. The smallest absolute Gasteiger partial charge is 0.349 e. The average molecular weight is 327 g/mol. The van der Waals surface area contributed by atoms with E-state index in [1.807, 2.05) is 0 Å². The molecule has 0 saturated heterocycles. The molecule has 0 heterocycles. The number of carbonyl (C=O) groups is 1. The SMILES string of the molecule is O=C(O)C(O)(Br)C(Br)Br. The summed E-state index contributed by atoms with van der Waals surface area (Å²) in [6, 6.07) is 0. The van der Waals surface area contributed by atoms with Crippen LogP contribution in [0.3, 0.4) is 0 Å². The van der Waals surface area contributed by atoms with Crippen LogP contribution in [0.15, 0.2) is 0 Å². The Hall–Kier alpha value is 0.870. The van der Waals surface area contributed by atoms with E-state index in [0.29, 0.717) is 0 Å². The molecule has 2 N–H and O–H groups in total. The van der Waals surface area contributed by atoms with Crippen molar-refractivity contribution in [1.29, 1.82) is 0 Å². The molecule has 0 aliphatic carbocycles. The van der Waals surface area contributed by atoms with Gasteiger partial charge in [-0.2, -0.15) is 0 Å². The summed E-state index contributed by atoms with van der Waals surface area (Å²) in [5.74, 6) is -1.35. The zero-order chi connectivity index (χ0) is 7.65. The molecule has 0 aromatic rings. The van der Waals surface area contributed by atoms with Crippen LogP contribution in [0.2, 0.25) is 0 Å². The molecule has 1 atom stereocenters. The second kappa shape index (κ2) is 3.32. The van der Waals surface area contributed by atoms with Crippen LogP contribution in [-0.2, 0) is 4.79 Å². The lowest BCUT2D eigenvalue weighted by Gasteiger charge is -2.16. The van der Waals surface area contributed by atoms with Crippen molar-refractivity contribution in [2.75, 3.05) is 0 Å². The zero-order valence-electron chi connectivity index (χ0n) is 4.01. The maximum absolute atomic E-state index is 10.1. The third-order valence-corrected chi connectivity index (χ3v) is 3.94. The van der Waals surface area contributed by atoms with Crippen LogP contribution in [0, 0.1) is 0 Å². The molecular formula is C3H3Br3O3. The maximum Gasteiger partial charge on any atom is 0.349 e. The molecule has 6 heteroatoms. The second-order valence-corrected chi connectivity index (χ2v) is 5.55. The first-order valence-corrected chi connectivity index (χ1v) is 4.44. The fourth-order valence-electron chi connectivity index (χ4n) is 0.0933. The standard InChI is InChI=1S/C3H3Br3O3/c4-1(5)3(6,9)2(7)8/h1,9H,(H,7,8). The van der Waals surface area contributed by atoms with E-state index >= 15 is 0 Å². The summed E-state index contributed by atoms with van der Waals surface area (Å²) >= 11 is 8.24. The predicted molar refractivity (Wildman–Crippen MR) is 43.2 cm³/mol. The normalized spacial score (nSPS) is 17.4. The largest absolute Gasteiger partial charge is 0.478 e. The van der Waals surface area contributed by atoms with Crippen molar-refractivity contribution in [3.8, 4) is 0 Å². The van der Waals surface area contributed by atoms with Gasteiger partial charge in [0, 0.05) is 0 Å². The van der Waals surface area contributed by atoms with Gasteiger partial charge in [-0.05, 0) is 15.9 Å². The molecule has 0 radical (unpaired) electrons. The van der Waals surface area contributed by atoms with Crippen LogP contribution < -0.4 is 0 Å². The number of carboxylic acids is 1. The van der Waals surface area contributed by atoms with Gasteiger partial charge in [0.1, 0.15) is 3.74 Å². The quantitative estimate of drug-likeness (QED) is 0.751. The topological polar surface area (TPSA) is 57.5 Å². The lowest BCUT2D eigenvalue weighted by Crippen LogP contribution is -2.37. The molecule has 54 valence electrons. The van der Waals surface area contributed by atoms with E-state index in [1.165, 1.54) is 0 Å². The van der Waals surface area contributed by atoms with Gasteiger partial charge in [0.2, 0.25) is 4.51 Å². The van der Waals surface area contributed by atoms with Crippen LogP contribution in [0.5, 0.6) is 0 Å². The van der Waals surface area contributed by atoms with Gasteiger partial charge in [-0.15, -0.1) is 0 Å². The Morgan fingerprint density at radius 2 is 1.89 bits per heavy atom. The summed E-state index contributed by atoms with van der Waals surface area (Å²) in [4.78, 5) is 10.1. The van der Waals surface area contributed by atoms with Gasteiger partial charge in [-0.3, -0.25) is 0 Å². The molecule has 0 amide bonds. The molecule has 3 nitrogen and oxygen atoms in total. The van der Waals surface area contributed by atoms with Crippen LogP contribution in [0.4, 0.5) is 0 Å². The average Bonchev–Trinajstić information content (AvgIpc) is 1.65. The zero-order valence-corrected chi connectivity index (χ0v) is 8.77. The Kier molecular flexibility index (Phi) is 3.64. The van der Waals surface area contributed by atoms with Crippen LogP contribution in [0.25, 0.3) is 0 Å². The Bertz CT molecular complexity index is 121. The van der Waals surface area contributed by atoms with E-state index in [-0.39, 0.29) is 0 Å². The van der Waals surface area contributed by atoms with Gasteiger partial charge < -0.3 is 10.2 Å². The van der Waals surface area contributed by atoms with Crippen molar-refractivity contribution in [2.24, 2.45) is 0 Å². The monoisotopic (exact) mass is 324 g/mol. The molecule has 0 bridgehead atoms. The maximum atomic E-state index is 10.1. The van der Waals surface area contributed by atoms with Crippen molar-refractivity contribution in [2.45, 2.75) is 8.25 Å². The molecule has 0 rings (SSSR count). The summed E-state index contributed by atoms with van der Waals surface area (Å²) in [6.07, 6.45) is 0. The van der Waals surface area contributed by atoms with Crippen molar-refractivity contribution in [3.63, 3.8) is 0 Å². The van der Waals surface area contributed by atoms with Gasteiger partial charge in [0.05, 0.1) is 0 Å². The van der Waals surface area contributed by atoms with Crippen molar-refractivity contribution in [1.82, 2.24) is 0 Å². The van der Waals surface area contributed by atoms with Crippen molar-refractivity contribution >= 4 is 53.8 Å². The Labute approximate surface area is 76.8 Å². The van der Waals surface area contributed by atoms with Gasteiger partial charge >= 0.3 is 5.97 Å². The predicted octanol–water partition coefficient (Wildman–Crippen LogP) is 1.27. The van der Waals surface area contributed by atoms with E-state index < -0.39 is 14.2 Å². The minimum Gasteiger partial charge on any atom is -0.478 e. The number of hydrogen-bond acceptors (Lipinski definition) is 2. The van der Waals surface area contributed by atoms with Gasteiger partial charge in [-0.1, -0.05) is 31.9 Å². The summed E-state index contributed by atoms with van der Waals surface area (Å²) in [5, 5.41) is 17.1. The lowest BCUT2D eigenvalue weighted by molar-refractivity contribution is -0.147. The number of alkyl halides is 3. The molecule has 0 aliphatic rings. The number of rotatable bonds is 2. The molecule has 0 fully saturated rings. The van der Waals surface area contributed by atoms with Crippen LogP contribution >= 0.6 is 47.8 Å². The highest BCUT2D eigenvalue weighted by Gasteiger charge is 2.38. The van der Waals surface area contributed by atoms with Crippen molar-refractivity contribution in [3.05, 3.63) is 0 Å². The van der Waals surface area contributed by atoms with Crippen LogP contribution in [-0.4, -0.2) is 24.4 Å². The number of carboxylic acid groups (broad SMARTS) is 1. The molecule has 0 aromatic carbocycles. The molecule has 9 heavy (non-hydrogen) atoms. The molecule has 0 saturated carbocycles. The molecule has 1 unspecified atom stereocenters. The summed E-state index contributed by atoms with van der Waals surface area (Å²) < 4.78 is -2.65. The van der Waals surface area contributed by atoms with E-state index in [9.17, 15) is 4.79 Å². The first kappa shape index (κ1) is 9.87. The van der Waals surface area contributed by atoms with Gasteiger partial charge in [-0.25, -0.2) is 4.79 Å². The number of aliphatic hydroxyl groups is 1. The lowest BCUT2D eigenvalue weighted by atomic mass is 10.4. The highest BCUT2D eigenvalue weighted by atomic mass is 79.9. The first-order chi connectivity index (χ1) is 3.89. The minimum atomic E-state index is -1.94. The van der Waals surface area contributed by atoms with Gasteiger partial charge in [0.15, 0.2) is 0 Å². The Morgan fingerprint density at radius 1 is 1.56 bits per heavy atom. The molecule has 0 spiro atoms. The highest BCUT2D eigenvalue weighted by molar-refractivity contribution is 9.25. The van der Waals surface area contributed by atoms with Crippen LogP contribution in [0.1, 0.15) is 0 Å². The van der Waals surface area contributed by atoms with E-state index in [4.69, 9.17) is 10.2 Å². The second-order valence-electron chi connectivity index (χ2n) is 1.28. The first-order valence-electron chi connectivity index (χ1n) is 1.82. The minimum absolute atomic E-state index is 0.713. The third kappa shape index (κ3) is 2.53. The molecular weight excluding hydrogens is 324 g/mol. The van der Waals surface area contributed by atoms with E-state index in [0.717, 1.165) is 0 Å². The van der Waals surface area contributed by atoms with E-state index in [2.05, 4.69) is 47.8 Å². The fourth-order valence-corrected chi connectivity index (χ4v) is 0.485. The van der Waals surface area contributed by atoms with E-state index in [1.54, 1.807) is 0 Å².